The third-order valence-corrected chi connectivity index (χ3v) is 1.61. The molecule has 0 radical (unpaired) electrons. The molecule has 0 rings (SSSR count). The lowest BCUT2D eigenvalue weighted by Gasteiger charge is -1.95. The molecule has 0 aliphatic carbocycles. The maximum absolute atomic E-state index is 10.0. The Morgan fingerprint density at radius 2 is 2.10 bits per heavy atom. The Labute approximate surface area is 59.2 Å². The largest absolute Gasteiger partial charge is 0.359 e. The maximum atomic E-state index is 10.0. The second kappa shape index (κ2) is 4.24. The number of carbonyl (C=O) groups excluding carboxylic acids is 1. The van der Waals surface area contributed by atoms with Crippen molar-refractivity contribution in [1.82, 2.24) is 5.32 Å². The lowest BCUT2D eigenvalue weighted by Crippen LogP contribution is -2.16. The number of amides is 1. The Morgan fingerprint density at radius 3 is 2.50 bits per heavy atom. The van der Waals surface area contributed by atoms with E-state index in [1.54, 1.807) is 0 Å². The summed E-state index contributed by atoms with van der Waals surface area (Å²) in [7, 11) is -3.86. The zero-order valence-electron chi connectivity index (χ0n) is 5.28. The van der Waals surface area contributed by atoms with Crippen LogP contribution in [0.5, 0.6) is 0 Å². The Balaban J connectivity index is 3.29. The molecule has 0 heterocycles. The van der Waals surface area contributed by atoms with E-state index in [1.807, 2.05) is 0 Å². The molecule has 0 aromatic rings. The van der Waals surface area contributed by atoms with Crippen molar-refractivity contribution in [2.24, 2.45) is 0 Å². The fourth-order valence-electron chi connectivity index (χ4n) is 0.416. The van der Waals surface area contributed by atoms with Crippen molar-refractivity contribution >= 4 is 16.5 Å². The van der Waals surface area contributed by atoms with Crippen LogP contribution in [0.15, 0.2) is 0 Å². The van der Waals surface area contributed by atoms with Gasteiger partial charge in [-0.3, -0.25) is 9.35 Å². The SMILES string of the molecule is O=CNCCCS(=O)(=O)O. The predicted molar refractivity (Wildman–Crippen MR) is 35.1 cm³/mol. The first-order valence-electron chi connectivity index (χ1n) is 2.68. The zero-order chi connectivity index (χ0) is 8.04. The van der Waals surface area contributed by atoms with Gasteiger partial charge in [-0.25, -0.2) is 0 Å². The average molecular weight is 167 g/mol. The third-order valence-electron chi connectivity index (χ3n) is 0.807. The molecule has 1 amide bonds. The van der Waals surface area contributed by atoms with Crippen LogP contribution in [0.1, 0.15) is 6.42 Å². The van der Waals surface area contributed by atoms with Gasteiger partial charge in [-0.1, -0.05) is 0 Å². The first-order chi connectivity index (χ1) is 4.56. The average Bonchev–Trinajstić information content (AvgIpc) is 1.78. The van der Waals surface area contributed by atoms with Crippen molar-refractivity contribution in [1.29, 1.82) is 0 Å². The summed E-state index contributed by atoms with van der Waals surface area (Å²) < 4.78 is 28.2. The quantitative estimate of drug-likeness (QED) is 0.313. The highest BCUT2D eigenvalue weighted by atomic mass is 32.2. The van der Waals surface area contributed by atoms with E-state index >= 15 is 0 Å². The molecule has 0 atom stereocenters. The van der Waals surface area contributed by atoms with Gasteiger partial charge in [0.25, 0.3) is 10.1 Å². The molecule has 0 saturated carbocycles. The van der Waals surface area contributed by atoms with Crippen LogP contribution in [0, 0.1) is 0 Å². The van der Waals surface area contributed by atoms with Crippen LogP contribution in [0.3, 0.4) is 0 Å². The van der Waals surface area contributed by atoms with E-state index in [2.05, 4.69) is 5.32 Å². The number of hydrogen-bond donors (Lipinski definition) is 2. The number of nitrogens with one attached hydrogen (secondary N) is 1. The normalized spacial score (nSPS) is 10.9. The topological polar surface area (TPSA) is 83.5 Å². The van der Waals surface area contributed by atoms with Crippen molar-refractivity contribution in [3.05, 3.63) is 0 Å². The van der Waals surface area contributed by atoms with Crippen LogP contribution in [0.4, 0.5) is 0 Å². The van der Waals surface area contributed by atoms with Crippen molar-refractivity contribution in [2.45, 2.75) is 6.42 Å². The summed E-state index contributed by atoms with van der Waals surface area (Å²) in [5.41, 5.74) is 0. The van der Waals surface area contributed by atoms with E-state index in [0.717, 1.165) is 0 Å². The lowest BCUT2D eigenvalue weighted by molar-refractivity contribution is -0.109. The number of hydrogen-bond acceptors (Lipinski definition) is 3. The molecule has 60 valence electrons. The predicted octanol–water partition coefficient (Wildman–Crippen LogP) is -0.990. The fourth-order valence-corrected chi connectivity index (χ4v) is 0.925. The Kier molecular flexibility index (Phi) is 3.97. The molecule has 0 bridgehead atoms. The van der Waals surface area contributed by atoms with Gasteiger partial charge in [0.05, 0.1) is 5.75 Å². The summed E-state index contributed by atoms with van der Waals surface area (Å²) in [6.45, 7) is 0.267. The van der Waals surface area contributed by atoms with Crippen LogP contribution in [0.2, 0.25) is 0 Å². The maximum Gasteiger partial charge on any atom is 0.264 e. The van der Waals surface area contributed by atoms with E-state index in [0.29, 0.717) is 6.41 Å². The van der Waals surface area contributed by atoms with E-state index in [-0.39, 0.29) is 18.7 Å². The minimum absolute atomic E-state index is 0.234. The van der Waals surface area contributed by atoms with Crippen LogP contribution < -0.4 is 5.32 Å². The third kappa shape index (κ3) is 7.38. The number of carbonyl (C=O) groups is 1. The van der Waals surface area contributed by atoms with E-state index in [4.69, 9.17) is 4.55 Å². The summed E-state index contributed by atoms with van der Waals surface area (Å²) in [6, 6.07) is 0. The van der Waals surface area contributed by atoms with E-state index in [1.165, 1.54) is 0 Å². The van der Waals surface area contributed by atoms with E-state index in [9.17, 15) is 13.2 Å². The molecular formula is C4H9NO4S. The molecule has 0 aromatic heterocycles. The van der Waals surface area contributed by atoms with Gasteiger partial charge in [0, 0.05) is 6.54 Å². The minimum atomic E-state index is -3.86. The Bertz CT molecular complexity index is 185. The highest BCUT2D eigenvalue weighted by molar-refractivity contribution is 7.85. The molecular weight excluding hydrogens is 158 g/mol. The standard InChI is InChI=1S/C4H9NO4S/c6-4-5-2-1-3-10(7,8)9/h4H,1-3H2,(H,5,6)(H,7,8,9). The zero-order valence-corrected chi connectivity index (χ0v) is 6.10. The number of rotatable bonds is 5. The van der Waals surface area contributed by atoms with E-state index < -0.39 is 10.1 Å². The molecule has 0 aromatic carbocycles. The van der Waals surface area contributed by atoms with Crippen LogP contribution >= 0.6 is 0 Å². The minimum Gasteiger partial charge on any atom is -0.359 e. The molecule has 6 heteroatoms. The fraction of sp³-hybridized carbons (Fsp3) is 0.750. The van der Waals surface area contributed by atoms with Gasteiger partial charge in [-0.05, 0) is 6.42 Å². The first kappa shape index (κ1) is 9.38. The smallest absolute Gasteiger partial charge is 0.264 e. The van der Waals surface area contributed by atoms with Gasteiger partial charge in [-0.15, -0.1) is 0 Å². The van der Waals surface area contributed by atoms with Crippen LogP contribution in [-0.2, 0) is 14.9 Å². The van der Waals surface area contributed by atoms with Crippen molar-refractivity contribution < 1.29 is 17.8 Å². The summed E-state index contributed by atoms with van der Waals surface area (Å²) >= 11 is 0. The highest BCUT2D eigenvalue weighted by Crippen LogP contribution is 1.85. The van der Waals surface area contributed by atoms with Crippen LogP contribution in [0.25, 0.3) is 0 Å². The molecule has 0 unspecified atom stereocenters. The monoisotopic (exact) mass is 167 g/mol. The second-order valence-electron chi connectivity index (χ2n) is 1.71. The second-order valence-corrected chi connectivity index (χ2v) is 3.28. The lowest BCUT2D eigenvalue weighted by atomic mass is 10.5. The highest BCUT2D eigenvalue weighted by Gasteiger charge is 2.01. The van der Waals surface area contributed by atoms with Gasteiger partial charge in [0.15, 0.2) is 0 Å². The molecule has 2 N–H and O–H groups in total. The summed E-state index contributed by atoms with van der Waals surface area (Å²) in [5, 5.41) is 2.26. The first-order valence-corrected chi connectivity index (χ1v) is 4.29. The van der Waals surface area contributed by atoms with Gasteiger partial charge in [0.1, 0.15) is 0 Å². The molecule has 10 heavy (non-hydrogen) atoms. The summed E-state index contributed by atoms with van der Waals surface area (Å²) in [5.74, 6) is -0.312. The molecule has 0 spiro atoms. The van der Waals surface area contributed by atoms with Gasteiger partial charge >= 0.3 is 0 Å². The molecule has 0 fully saturated rings. The van der Waals surface area contributed by atoms with Gasteiger partial charge in [-0.2, -0.15) is 8.42 Å². The molecule has 5 nitrogen and oxygen atoms in total. The Morgan fingerprint density at radius 1 is 1.50 bits per heavy atom. The summed E-state index contributed by atoms with van der Waals surface area (Å²) in [4.78, 5) is 9.61. The van der Waals surface area contributed by atoms with Crippen molar-refractivity contribution in [3.63, 3.8) is 0 Å². The van der Waals surface area contributed by atoms with Crippen molar-refractivity contribution in [2.75, 3.05) is 12.3 Å². The summed E-state index contributed by atoms with van der Waals surface area (Å²) in [6.07, 6.45) is 0.710. The van der Waals surface area contributed by atoms with Crippen molar-refractivity contribution in [3.8, 4) is 0 Å². The molecule has 0 saturated heterocycles. The van der Waals surface area contributed by atoms with Gasteiger partial charge < -0.3 is 5.32 Å². The molecule has 0 aliphatic rings. The van der Waals surface area contributed by atoms with Crippen LogP contribution in [-0.4, -0.2) is 31.7 Å². The van der Waals surface area contributed by atoms with Gasteiger partial charge in [0.2, 0.25) is 6.41 Å². The molecule has 0 aliphatic heterocycles. The Hall–Kier alpha value is -0.620.